The van der Waals surface area contributed by atoms with Gasteiger partial charge in [-0.3, -0.25) is 9.69 Å². The zero-order chi connectivity index (χ0) is 22.0. The molecular formula is C24H19BrN2O4. The monoisotopic (exact) mass is 478 g/mol. The Morgan fingerprint density at radius 3 is 2.35 bits per heavy atom. The number of hydrogen-bond donors (Lipinski definition) is 1. The first-order valence-corrected chi connectivity index (χ1v) is 10.2. The maximum atomic E-state index is 13.4. The van der Waals surface area contributed by atoms with E-state index in [0.717, 1.165) is 15.6 Å². The van der Waals surface area contributed by atoms with Crippen molar-refractivity contribution >= 4 is 39.4 Å². The van der Waals surface area contributed by atoms with E-state index in [1.807, 2.05) is 30.3 Å². The number of anilines is 1. The quantitative estimate of drug-likeness (QED) is 0.523. The summed E-state index contributed by atoms with van der Waals surface area (Å²) in [7, 11) is 3.13. The number of rotatable bonds is 5. The van der Waals surface area contributed by atoms with Crippen molar-refractivity contribution in [2.75, 3.05) is 19.1 Å². The van der Waals surface area contributed by atoms with E-state index in [-0.39, 0.29) is 17.4 Å². The Labute approximate surface area is 188 Å². The first-order valence-electron chi connectivity index (χ1n) is 9.42. The molecule has 0 saturated carbocycles. The lowest BCUT2D eigenvalue weighted by Crippen LogP contribution is -2.32. The molecule has 1 N–H and O–H groups in total. The van der Waals surface area contributed by atoms with Crippen LogP contribution < -0.4 is 14.4 Å². The van der Waals surface area contributed by atoms with E-state index in [1.165, 1.54) is 17.0 Å². The highest BCUT2D eigenvalue weighted by atomic mass is 79.9. The van der Waals surface area contributed by atoms with Gasteiger partial charge in [-0.2, -0.15) is 0 Å². The van der Waals surface area contributed by atoms with Gasteiger partial charge >= 0.3 is 0 Å². The van der Waals surface area contributed by atoms with Crippen molar-refractivity contribution in [3.05, 3.63) is 88.0 Å². The van der Waals surface area contributed by atoms with Crippen LogP contribution >= 0.6 is 15.9 Å². The molecule has 0 aromatic heterocycles. The highest BCUT2D eigenvalue weighted by Gasteiger charge is 2.33. The number of nitrogens with zero attached hydrogens (tertiary/aromatic N) is 2. The summed E-state index contributed by atoms with van der Waals surface area (Å²) < 4.78 is 11.5. The van der Waals surface area contributed by atoms with Gasteiger partial charge in [0.05, 0.1) is 19.9 Å². The molecule has 6 nitrogen and oxygen atoms in total. The third kappa shape index (κ3) is 4.04. The highest BCUT2D eigenvalue weighted by molar-refractivity contribution is 9.10. The highest BCUT2D eigenvalue weighted by Crippen LogP contribution is 2.33. The molecular weight excluding hydrogens is 460 g/mol. The number of carbonyl (C=O) groups is 1. The molecule has 1 amide bonds. The number of phenols is 1. The molecule has 0 saturated heterocycles. The number of hydrogen-bond acceptors (Lipinski definition) is 5. The molecule has 0 unspecified atom stereocenters. The molecule has 1 aliphatic rings. The Balaban J connectivity index is 1.83. The predicted octanol–water partition coefficient (Wildman–Crippen LogP) is 5.01. The second-order valence-electron chi connectivity index (χ2n) is 6.72. The van der Waals surface area contributed by atoms with E-state index in [1.54, 1.807) is 44.6 Å². The summed E-state index contributed by atoms with van der Waals surface area (Å²) in [5.74, 6) is 1.51. The van der Waals surface area contributed by atoms with Crippen LogP contribution in [0.1, 0.15) is 11.1 Å². The number of benzene rings is 3. The van der Waals surface area contributed by atoms with Crippen molar-refractivity contribution in [2.45, 2.75) is 0 Å². The third-order valence-electron chi connectivity index (χ3n) is 4.79. The minimum Gasteiger partial charge on any atom is -0.508 e. The maximum absolute atomic E-state index is 13.4. The van der Waals surface area contributed by atoms with Crippen LogP contribution in [0.2, 0.25) is 0 Å². The summed E-state index contributed by atoms with van der Waals surface area (Å²) in [4.78, 5) is 19.6. The van der Waals surface area contributed by atoms with Crippen molar-refractivity contribution in [1.82, 2.24) is 0 Å². The molecule has 4 rings (SSSR count). The number of methoxy groups -OCH3 is 2. The van der Waals surface area contributed by atoms with Gasteiger partial charge in [0.25, 0.3) is 5.91 Å². The van der Waals surface area contributed by atoms with Crippen LogP contribution in [0.4, 0.5) is 5.69 Å². The Bertz CT molecular complexity index is 1200. The first-order chi connectivity index (χ1) is 15.0. The van der Waals surface area contributed by atoms with Crippen molar-refractivity contribution in [1.29, 1.82) is 0 Å². The normalized spacial score (nSPS) is 14.7. The van der Waals surface area contributed by atoms with Gasteiger partial charge in [-0.15, -0.1) is 0 Å². The topological polar surface area (TPSA) is 71.4 Å². The van der Waals surface area contributed by atoms with Gasteiger partial charge in [-0.1, -0.05) is 40.2 Å². The lowest BCUT2D eigenvalue weighted by molar-refractivity contribution is -0.113. The van der Waals surface area contributed by atoms with E-state index in [4.69, 9.17) is 9.47 Å². The molecule has 0 radical (unpaired) electrons. The third-order valence-corrected chi connectivity index (χ3v) is 5.49. The average Bonchev–Trinajstić information content (AvgIpc) is 3.10. The van der Waals surface area contributed by atoms with Gasteiger partial charge in [-0.05, 0) is 54.1 Å². The van der Waals surface area contributed by atoms with E-state index in [9.17, 15) is 9.90 Å². The SMILES string of the molecule is COc1ccc(/C=C2/N=C(c3ccccc3Br)N(c3ccc(O)cc3)C2=O)cc1OC. The van der Waals surface area contributed by atoms with E-state index in [2.05, 4.69) is 20.9 Å². The Morgan fingerprint density at radius 2 is 1.68 bits per heavy atom. The fourth-order valence-electron chi connectivity index (χ4n) is 3.28. The molecule has 31 heavy (non-hydrogen) atoms. The van der Waals surface area contributed by atoms with Crippen molar-refractivity contribution < 1.29 is 19.4 Å². The molecule has 7 heteroatoms. The fraction of sp³-hybridized carbons (Fsp3) is 0.0833. The van der Waals surface area contributed by atoms with Crippen LogP contribution in [-0.2, 0) is 4.79 Å². The molecule has 0 spiro atoms. The van der Waals surface area contributed by atoms with Crippen LogP contribution in [0.3, 0.4) is 0 Å². The van der Waals surface area contributed by atoms with E-state index in [0.29, 0.717) is 23.0 Å². The molecule has 1 heterocycles. The first kappa shape index (κ1) is 20.7. The number of aromatic hydroxyl groups is 1. The Kier molecular flexibility index (Phi) is 5.77. The molecule has 3 aromatic rings. The van der Waals surface area contributed by atoms with E-state index < -0.39 is 0 Å². The lowest BCUT2D eigenvalue weighted by atomic mass is 10.1. The smallest absolute Gasteiger partial charge is 0.282 e. The summed E-state index contributed by atoms with van der Waals surface area (Å²) in [5, 5.41) is 9.66. The zero-order valence-electron chi connectivity index (χ0n) is 16.9. The minimum absolute atomic E-state index is 0.121. The van der Waals surface area contributed by atoms with Gasteiger partial charge < -0.3 is 14.6 Å². The van der Waals surface area contributed by atoms with Crippen molar-refractivity contribution in [3.63, 3.8) is 0 Å². The summed E-state index contributed by atoms with van der Waals surface area (Å²) in [6.45, 7) is 0. The number of carbonyl (C=O) groups excluding carboxylic acids is 1. The second-order valence-corrected chi connectivity index (χ2v) is 7.57. The second kappa shape index (κ2) is 8.65. The fourth-order valence-corrected chi connectivity index (χ4v) is 3.74. The van der Waals surface area contributed by atoms with Crippen LogP contribution in [0, 0.1) is 0 Å². The summed E-state index contributed by atoms with van der Waals surface area (Å²) in [6.07, 6.45) is 1.71. The maximum Gasteiger partial charge on any atom is 0.282 e. The molecule has 0 fully saturated rings. The summed E-state index contributed by atoms with van der Waals surface area (Å²) in [6, 6.07) is 19.4. The molecule has 1 aliphatic heterocycles. The van der Waals surface area contributed by atoms with Gasteiger partial charge in [-0.25, -0.2) is 4.99 Å². The largest absolute Gasteiger partial charge is 0.508 e. The number of amides is 1. The van der Waals surface area contributed by atoms with Crippen molar-refractivity contribution in [2.24, 2.45) is 4.99 Å². The Hall–Kier alpha value is -3.58. The minimum atomic E-state index is -0.272. The van der Waals surface area contributed by atoms with Gasteiger partial charge in [0.2, 0.25) is 0 Å². The summed E-state index contributed by atoms with van der Waals surface area (Å²) in [5.41, 5.74) is 2.42. The number of phenolic OH excluding ortho intramolecular Hbond substituents is 1. The van der Waals surface area contributed by atoms with Crippen molar-refractivity contribution in [3.8, 4) is 17.2 Å². The molecule has 0 bridgehead atoms. The number of ether oxygens (including phenoxy) is 2. The predicted molar refractivity (Wildman–Crippen MR) is 124 cm³/mol. The average molecular weight is 479 g/mol. The summed E-state index contributed by atoms with van der Waals surface area (Å²) >= 11 is 3.55. The standard InChI is InChI=1S/C24H19BrN2O4/c1-30-21-12-7-15(14-22(21)31-2)13-20-24(29)27(16-8-10-17(28)11-9-16)23(26-20)18-5-3-4-6-19(18)25/h3-14,28H,1-2H3/b20-13+. The van der Waals surface area contributed by atoms with Crippen LogP contribution in [0.15, 0.2) is 81.9 Å². The Morgan fingerprint density at radius 1 is 0.968 bits per heavy atom. The number of amidine groups is 1. The lowest BCUT2D eigenvalue weighted by Gasteiger charge is -2.19. The van der Waals surface area contributed by atoms with E-state index >= 15 is 0 Å². The van der Waals surface area contributed by atoms with Gasteiger partial charge in [0, 0.05) is 10.0 Å². The molecule has 0 aliphatic carbocycles. The molecule has 3 aromatic carbocycles. The molecule has 156 valence electrons. The van der Waals surface area contributed by atoms with Crippen LogP contribution in [-0.4, -0.2) is 31.1 Å². The number of aliphatic imine (C=N–C) groups is 1. The van der Waals surface area contributed by atoms with Crippen LogP contribution in [0.25, 0.3) is 6.08 Å². The number of halogens is 1. The molecule has 0 atom stereocenters. The van der Waals surface area contributed by atoms with Crippen LogP contribution in [0.5, 0.6) is 17.2 Å². The van der Waals surface area contributed by atoms with Gasteiger partial charge in [0.1, 0.15) is 17.3 Å². The van der Waals surface area contributed by atoms with Gasteiger partial charge in [0.15, 0.2) is 11.5 Å². The zero-order valence-corrected chi connectivity index (χ0v) is 18.5.